The van der Waals surface area contributed by atoms with Crippen LogP contribution in [0.3, 0.4) is 0 Å². The van der Waals surface area contributed by atoms with Crippen LogP contribution in [-0.4, -0.2) is 27.0 Å². The SMILES string of the molecule is CC(NCC1(O)CCC(C)(C)CC1)c1cnn(C)c1. The molecule has 19 heavy (non-hydrogen) atoms. The molecule has 4 heteroatoms. The van der Waals surface area contributed by atoms with Crippen molar-refractivity contribution in [3.05, 3.63) is 18.0 Å². The van der Waals surface area contributed by atoms with E-state index in [1.54, 1.807) is 0 Å². The third kappa shape index (κ3) is 3.80. The molecule has 0 radical (unpaired) electrons. The van der Waals surface area contributed by atoms with E-state index in [1.165, 1.54) is 5.56 Å². The molecule has 0 amide bonds. The number of aliphatic hydroxyl groups is 1. The Morgan fingerprint density at radius 2 is 2.00 bits per heavy atom. The van der Waals surface area contributed by atoms with Crippen LogP contribution in [0, 0.1) is 5.41 Å². The first-order chi connectivity index (χ1) is 8.80. The number of nitrogens with one attached hydrogen (secondary N) is 1. The third-order valence-electron chi connectivity index (χ3n) is 4.50. The second-order valence-corrected chi connectivity index (χ2v) is 6.94. The van der Waals surface area contributed by atoms with Gasteiger partial charge in [-0.05, 0) is 38.0 Å². The Balaban J connectivity index is 1.85. The van der Waals surface area contributed by atoms with Crippen LogP contribution in [-0.2, 0) is 7.05 Å². The highest BCUT2D eigenvalue weighted by Crippen LogP contribution is 2.40. The summed E-state index contributed by atoms with van der Waals surface area (Å²) in [5.74, 6) is 0. The van der Waals surface area contributed by atoms with E-state index in [-0.39, 0.29) is 6.04 Å². The third-order valence-corrected chi connectivity index (χ3v) is 4.50. The molecule has 1 unspecified atom stereocenters. The first-order valence-electron chi connectivity index (χ1n) is 7.24. The van der Waals surface area contributed by atoms with E-state index in [1.807, 2.05) is 24.1 Å². The van der Waals surface area contributed by atoms with Crippen LogP contribution in [0.1, 0.15) is 58.1 Å². The van der Waals surface area contributed by atoms with Crippen molar-refractivity contribution in [2.24, 2.45) is 12.5 Å². The van der Waals surface area contributed by atoms with Gasteiger partial charge in [-0.3, -0.25) is 4.68 Å². The summed E-state index contributed by atoms with van der Waals surface area (Å²) in [6.07, 6.45) is 7.90. The molecule has 1 saturated carbocycles. The number of aromatic nitrogens is 2. The van der Waals surface area contributed by atoms with Crippen LogP contribution < -0.4 is 5.32 Å². The second kappa shape index (κ2) is 5.25. The van der Waals surface area contributed by atoms with Gasteiger partial charge in [-0.1, -0.05) is 13.8 Å². The topological polar surface area (TPSA) is 50.1 Å². The summed E-state index contributed by atoms with van der Waals surface area (Å²) in [6, 6.07) is 0.229. The highest BCUT2D eigenvalue weighted by Gasteiger charge is 2.36. The monoisotopic (exact) mass is 265 g/mol. The molecule has 0 aromatic carbocycles. The average Bonchev–Trinajstić information content (AvgIpc) is 2.78. The quantitative estimate of drug-likeness (QED) is 0.879. The number of nitrogens with zero attached hydrogens (tertiary/aromatic N) is 2. The fraction of sp³-hybridized carbons (Fsp3) is 0.800. The number of rotatable bonds is 4. The summed E-state index contributed by atoms with van der Waals surface area (Å²) in [5.41, 5.74) is 1.02. The van der Waals surface area contributed by atoms with Gasteiger partial charge in [0, 0.05) is 31.4 Å². The van der Waals surface area contributed by atoms with Crippen molar-refractivity contribution in [1.29, 1.82) is 0 Å². The molecule has 2 N–H and O–H groups in total. The van der Waals surface area contributed by atoms with Gasteiger partial charge in [0.15, 0.2) is 0 Å². The molecular weight excluding hydrogens is 238 g/mol. The van der Waals surface area contributed by atoms with Crippen molar-refractivity contribution in [3.8, 4) is 0 Å². The maximum Gasteiger partial charge on any atom is 0.0772 e. The van der Waals surface area contributed by atoms with Gasteiger partial charge in [-0.25, -0.2) is 0 Å². The first kappa shape index (κ1) is 14.5. The Bertz CT molecular complexity index is 415. The molecule has 0 spiro atoms. The molecular formula is C15H27N3O. The van der Waals surface area contributed by atoms with Crippen molar-refractivity contribution in [2.75, 3.05) is 6.54 Å². The largest absolute Gasteiger partial charge is 0.389 e. The lowest BCUT2D eigenvalue weighted by atomic mass is 9.71. The fourth-order valence-corrected chi connectivity index (χ4v) is 2.69. The van der Waals surface area contributed by atoms with E-state index in [0.29, 0.717) is 12.0 Å². The fourth-order valence-electron chi connectivity index (χ4n) is 2.69. The van der Waals surface area contributed by atoms with E-state index in [4.69, 9.17) is 0 Å². The van der Waals surface area contributed by atoms with Crippen LogP contribution in [0.2, 0.25) is 0 Å². The molecule has 1 aliphatic rings. The number of hydrogen-bond donors (Lipinski definition) is 2. The maximum absolute atomic E-state index is 10.6. The van der Waals surface area contributed by atoms with Crippen molar-refractivity contribution in [2.45, 2.75) is 58.1 Å². The Hall–Kier alpha value is -0.870. The Labute approximate surface area is 116 Å². The summed E-state index contributed by atoms with van der Waals surface area (Å²) in [5, 5.41) is 18.3. The zero-order valence-corrected chi connectivity index (χ0v) is 12.6. The number of aryl methyl sites for hydroxylation is 1. The van der Waals surface area contributed by atoms with Crippen molar-refractivity contribution in [1.82, 2.24) is 15.1 Å². The highest BCUT2D eigenvalue weighted by molar-refractivity contribution is 5.09. The molecule has 108 valence electrons. The van der Waals surface area contributed by atoms with Crippen LogP contribution in [0.5, 0.6) is 0 Å². The molecule has 0 bridgehead atoms. The van der Waals surface area contributed by atoms with Crippen LogP contribution in [0.25, 0.3) is 0 Å². The molecule has 4 nitrogen and oxygen atoms in total. The minimum atomic E-state index is -0.536. The van der Waals surface area contributed by atoms with Gasteiger partial charge < -0.3 is 10.4 Å². The minimum absolute atomic E-state index is 0.229. The Morgan fingerprint density at radius 3 is 2.53 bits per heavy atom. The summed E-state index contributed by atoms with van der Waals surface area (Å²) in [4.78, 5) is 0. The first-order valence-corrected chi connectivity index (χ1v) is 7.24. The summed E-state index contributed by atoms with van der Waals surface area (Å²) < 4.78 is 1.81. The predicted octanol–water partition coefficient (Wildman–Crippen LogP) is 2.40. The summed E-state index contributed by atoms with van der Waals surface area (Å²) in [6.45, 7) is 7.36. The molecule has 1 heterocycles. The van der Waals surface area contributed by atoms with Gasteiger partial charge in [0.25, 0.3) is 0 Å². The Kier molecular flexibility index (Phi) is 4.02. The second-order valence-electron chi connectivity index (χ2n) is 6.94. The molecule has 0 saturated heterocycles. The van der Waals surface area contributed by atoms with Crippen LogP contribution >= 0.6 is 0 Å². The average molecular weight is 265 g/mol. The highest BCUT2D eigenvalue weighted by atomic mass is 16.3. The van der Waals surface area contributed by atoms with Gasteiger partial charge in [0.2, 0.25) is 0 Å². The summed E-state index contributed by atoms with van der Waals surface area (Å²) >= 11 is 0. The Morgan fingerprint density at radius 1 is 1.37 bits per heavy atom. The van der Waals surface area contributed by atoms with Crippen LogP contribution in [0.4, 0.5) is 0 Å². The predicted molar refractivity (Wildman–Crippen MR) is 76.8 cm³/mol. The van der Waals surface area contributed by atoms with E-state index in [0.717, 1.165) is 25.7 Å². The molecule has 1 aromatic rings. The smallest absolute Gasteiger partial charge is 0.0772 e. The lowest BCUT2D eigenvalue weighted by Gasteiger charge is -2.40. The zero-order valence-electron chi connectivity index (χ0n) is 12.6. The van der Waals surface area contributed by atoms with E-state index < -0.39 is 5.60 Å². The number of hydrogen-bond acceptors (Lipinski definition) is 3. The van der Waals surface area contributed by atoms with Crippen LogP contribution in [0.15, 0.2) is 12.4 Å². The van der Waals surface area contributed by atoms with Crippen molar-refractivity contribution in [3.63, 3.8) is 0 Å². The molecule has 0 aliphatic heterocycles. The minimum Gasteiger partial charge on any atom is -0.389 e. The molecule has 2 rings (SSSR count). The summed E-state index contributed by atoms with van der Waals surface area (Å²) in [7, 11) is 1.92. The lowest BCUT2D eigenvalue weighted by Crippen LogP contribution is -2.45. The lowest BCUT2D eigenvalue weighted by molar-refractivity contribution is -0.0258. The van der Waals surface area contributed by atoms with Gasteiger partial charge >= 0.3 is 0 Å². The van der Waals surface area contributed by atoms with Crippen molar-refractivity contribution < 1.29 is 5.11 Å². The van der Waals surface area contributed by atoms with Gasteiger partial charge in [-0.2, -0.15) is 5.10 Å². The molecule has 1 aliphatic carbocycles. The van der Waals surface area contributed by atoms with E-state index in [2.05, 4.69) is 31.2 Å². The zero-order chi connectivity index (χ0) is 14.1. The van der Waals surface area contributed by atoms with Gasteiger partial charge in [0.1, 0.15) is 0 Å². The van der Waals surface area contributed by atoms with E-state index in [9.17, 15) is 5.11 Å². The standard InChI is InChI=1S/C15H27N3O/c1-12(13-9-17-18(4)10-13)16-11-15(19)7-5-14(2,3)6-8-15/h9-10,12,16,19H,5-8,11H2,1-4H3. The van der Waals surface area contributed by atoms with Gasteiger partial charge in [0.05, 0.1) is 11.8 Å². The van der Waals surface area contributed by atoms with E-state index >= 15 is 0 Å². The van der Waals surface area contributed by atoms with Gasteiger partial charge in [-0.15, -0.1) is 0 Å². The molecule has 1 atom stereocenters. The van der Waals surface area contributed by atoms with Crippen molar-refractivity contribution >= 4 is 0 Å². The maximum atomic E-state index is 10.6. The normalized spacial score (nSPS) is 23.2. The molecule has 1 fully saturated rings. The molecule has 1 aromatic heterocycles.